The van der Waals surface area contributed by atoms with E-state index in [-0.39, 0.29) is 5.41 Å². The number of anilines is 1. The van der Waals surface area contributed by atoms with Crippen LogP contribution in [0.5, 0.6) is 0 Å². The molecule has 1 aliphatic carbocycles. The zero-order chi connectivity index (χ0) is 11.6. The van der Waals surface area contributed by atoms with Crippen LogP contribution in [0.2, 0.25) is 0 Å². The van der Waals surface area contributed by atoms with Crippen LogP contribution in [0.3, 0.4) is 0 Å². The molecule has 2 atom stereocenters. The van der Waals surface area contributed by atoms with Crippen LogP contribution in [0.25, 0.3) is 0 Å². The highest BCUT2D eigenvalue weighted by Crippen LogP contribution is 2.42. The first-order valence-electron chi connectivity index (χ1n) is 6.10. The molecule has 0 radical (unpaired) electrons. The lowest BCUT2D eigenvalue weighted by molar-refractivity contribution is 0.458. The molecule has 3 heteroatoms. The first-order valence-corrected chi connectivity index (χ1v) is 6.10. The van der Waals surface area contributed by atoms with Crippen molar-refractivity contribution in [3.05, 3.63) is 23.9 Å². The first kappa shape index (κ1) is 11.4. The van der Waals surface area contributed by atoms with Crippen LogP contribution < -0.4 is 11.1 Å². The molecule has 1 heterocycles. The number of pyridine rings is 1. The molecule has 1 aliphatic rings. The standard InChI is InChI=1S/C13H21N3/c1-3-15-10-6-7-13(2,9-10)11-5-4-8-16-12(11)14/h4-5,8,10,15H,3,6-7,9H2,1-2H3,(H2,14,16). The van der Waals surface area contributed by atoms with Crippen molar-refractivity contribution in [2.45, 2.75) is 44.6 Å². The summed E-state index contributed by atoms with van der Waals surface area (Å²) in [4.78, 5) is 4.20. The van der Waals surface area contributed by atoms with Gasteiger partial charge in [0.15, 0.2) is 0 Å². The van der Waals surface area contributed by atoms with Crippen LogP contribution >= 0.6 is 0 Å². The maximum atomic E-state index is 5.97. The Morgan fingerprint density at radius 2 is 2.44 bits per heavy atom. The quantitative estimate of drug-likeness (QED) is 0.818. The molecule has 1 saturated carbocycles. The van der Waals surface area contributed by atoms with Gasteiger partial charge in [0.1, 0.15) is 5.82 Å². The fraction of sp³-hybridized carbons (Fsp3) is 0.615. The summed E-state index contributed by atoms with van der Waals surface area (Å²) in [7, 11) is 0. The third-order valence-electron chi connectivity index (χ3n) is 3.72. The lowest BCUT2D eigenvalue weighted by atomic mass is 9.81. The highest BCUT2D eigenvalue weighted by Gasteiger charge is 2.37. The van der Waals surface area contributed by atoms with Crippen LogP contribution in [0, 0.1) is 0 Å². The average molecular weight is 219 g/mol. The molecule has 0 amide bonds. The molecule has 2 rings (SSSR count). The van der Waals surface area contributed by atoms with E-state index in [9.17, 15) is 0 Å². The first-order chi connectivity index (χ1) is 7.65. The zero-order valence-corrected chi connectivity index (χ0v) is 10.2. The van der Waals surface area contributed by atoms with Gasteiger partial charge in [-0.2, -0.15) is 0 Å². The Kier molecular flexibility index (Phi) is 3.15. The number of hydrogen-bond donors (Lipinski definition) is 2. The largest absolute Gasteiger partial charge is 0.383 e. The molecule has 1 aromatic rings. The number of nitrogens with zero attached hydrogens (tertiary/aromatic N) is 1. The van der Waals surface area contributed by atoms with Crippen LogP contribution in [0.15, 0.2) is 18.3 Å². The minimum atomic E-state index is 0.200. The second kappa shape index (κ2) is 4.42. The van der Waals surface area contributed by atoms with Gasteiger partial charge in [-0.1, -0.05) is 19.9 Å². The van der Waals surface area contributed by atoms with Gasteiger partial charge in [0.25, 0.3) is 0 Å². The van der Waals surface area contributed by atoms with Crippen molar-refractivity contribution in [3.8, 4) is 0 Å². The summed E-state index contributed by atoms with van der Waals surface area (Å²) in [6.07, 6.45) is 5.36. The van der Waals surface area contributed by atoms with Crippen LogP contribution in [-0.2, 0) is 5.41 Å². The van der Waals surface area contributed by atoms with Gasteiger partial charge in [0.05, 0.1) is 0 Å². The molecule has 0 spiro atoms. The van der Waals surface area contributed by atoms with Crippen molar-refractivity contribution < 1.29 is 0 Å². The van der Waals surface area contributed by atoms with E-state index < -0.39 is 0 Å². The van der Waals surface area contributed by atoms with E-state index >= 15 is 0 Å². The predicted molar refractivity (Wildman–Crippen MR) is 67.3 cm³/mol. The van der Waals surface area contributed by atoms with E-state index in [1.165, 1.54) is 18.4 Å². The van der Waals surface area contributed by atoms with Crippen molar-refractivity contribution in [2.24, 2.45) is 0 Å². The van der Waals surface area contributed by atoms with Crippen molar-refractivity contribution in [3.63, 3.8) is 0 Å². The molecule has 1 aromatic heterocycles. The third-order valence-corrected chi connectivity index (χ3v) is 3.72. The summed E-state index contributed by atoms with van der Waals surface area (Å²) < 4.78 is 0. The summed E-state index contributed by atoms with van der Waals surface area (Å²) in [6.45, 7) is 5.51. The summed E-state index contributed by atoms with van der Waals surface area (Å²) >= 11 is 0. The Balaban J connectivity index is 2.18. The second-order valence-electron chi connectivity index (χ2n) is 4.99. The molecule has 3 N–H and O–H groups in total. The van der Waals surface area contributed by atoms with Gasteiger partial charge in [-0.25, -0.2) is 4.98 Å². The van der Waals surface area contributed by atoms with Crippen LogP contribution in [-0.4, -0.2) is 17.6 Å². The number of aromatic nitrogens is 1. The molecule has 0 aliphatic heterocycles. The van der Waals surface area contributed by atoms with Crippen LogP contribution in [0.4, 0.5) is 5.82 Å². The fourth-order valence-corrected chi connectivity index (χ4v) is 2.88. The number of nitrogens with one attached hydrogen (secondary N) is 1. The molecule has 0 bridgehead atoms. The number of hydrogen-bond acceptors (Lipinski definition) is 3. The fourth-order valence-electron chi connectivity index (χ4n) is 2.88. The molecule has 16 heavy (non-hydrogen) atoms. The van der Waals surface area contributed by atoms with Crippen molar-refractivity contribution in [1.82, 2.24) is 10.3 Å². The van der Waals surface area contributed by atoms with E-state index in [0.29, 0.717) is 11.9 Å². The number of nitrogen functional groups attached to an aromatic ring is 1. The van der Waals surface area contributed by atoms with Gasteiger partial charge >= 0.3 is 0 Å². The van der Waals surface area contributed by atoms with E-state index in [2.05, 4.69) is 30.2 Å². The van der Waals surface area contributed by atoms with E-state index in [1.54, 1.807) is 6.20 Å². The van der Waals surface area contributed by atoms with Gasteiger partial charge in [-0.05, 0) is 37.3 Å². The summed E-state index contributed by atoms with van der Waals surface area (Å²) in [5.74, 6) is 0.696. The van der Waals surface area contributed by atoms with E-state index in [0.717, 1.165) is 13.0 Å². The van der Waals surface area contributed by atoms with Gasteiger partial charge in [0, 0.05) is 17.8 Å². The second-order valence-corrected chi connectivity index (χ2v) is 4.99. The highest BCUT2D eigenvalue weighted by atomic mass is 14.9. The van der Waals surface area contributed by atoms with Gasteiger partial charge in [-0.3, -0.25) is 0 Å². The zero-order valence-electron chi connectivity index (χ0n) is 10.2. The Labute approximate surface area is 97.5 Å². The smallest absolute Gasteiger partial charge is 0.127 e. The SMILES string of the molecule is CCNC1CCC(C)(c2cccnc2N)C1. The van der Waals surface area contributed by atoms with Crippen molar-refractivity contribution in [1.29, 1.82) is 0 Å². The lowest BCUT2D eigenvalue weighted by Gasteiger charge is -2.25. The summed E-state index contributed by atoms with van der Waals surface area (Å²) in [5, 5.41) is 3.53. The molecule has 0 aromatic carbocycles. The topological polar surface area (TPSA) is 50.9 Å². The minimum absolute atomic E-state index is 0.200. The predicted octanol–water partition coefficient (Wildman–Crippen LogP) is 2.08. The maximum Gasteiger partial charge on any atom is 0.127 e. The molecule has 2 unspecified atom stereocenters. The maximum absolute atomic E-state index is 5.97. The monoisotopic (exact) mass is 219 g/mol. The molecule has 3 nitrogen and oxygen atoms in total. The Bertz CT molecular complexity index is 364. The van der Waals surface area contributed by atoms with Gasteiger partial charge < -0.3 is 11.1 Å². The minimum Gasteiger partial charge on any atom is -0.383 e. The summed E-state index contributed by atoms with van der Waals surface area (Å²) in [5.41, 5.74) is 7.39. The summed E-state index contributed by atoms with van der Waals surface area (Å²) in [6, 6.07) is 4.74. The molecule has 88 valence electrons. The van der Waals surface area contributed by atoms with Gasteiger partial charge in [0.2, 0.25) is 0 Å². The highest BCUT2D eigenvalue weighted by molar-refractivity contribution is 5.44. The van der Waals surface area contributed by atoms with Crippen molar-refractivity contribution >= 4 is 5.82 Å². The van der Waals surface area contributed by atoms with Crippen molar-refractivity contribution in [2.75, 3.05) is 12.3 Å². The Morgan fingerprint density at radius 1 is 1.62 bits per heavy atom. The molecule has 1 fully saturated rings. The Hall–Kier alpha value is -1.09. The third kappa shape index (κ3) is 2.05. The lowest BCUT2D eigenvalue weighted by Crippen LogP contribution is -2.29. The molecular formula is C13H21N3. The van der Waals surface area contributed by atoms with Crippen LogP contribution in [0.1, 0.15) is 38.7 Å². The molecule has 0 saturated heterocycles. The van der Waals surface area contributed by atoms with Gasteiger partial charge in [-0.15, -0.1) is 0 Å². The Morgan fingerprint density at radius 3 is 3.12 bits per heavy atom. The van der Waals surface area contributed by atoms with E-state index in [1.807, 2.05) is 6.07 Å². The molecular weight excluding hydrogens is 198 g/mol. The number of nitrogens with two attached hydrogens (primary N) is 1. The normalized spacial score (nSPS) is 29.5. The van der Waals surface area contributed by atoms with E-state index in [4.69, 9.17) is 5.73 Å². The number of rotatable bonds is 3. The average Bonchev–Trinajstić information content (AvgIpc) is 2.62.